The highest BCUT2D eigenvalue weighted by Crippen LogP contribution is 2.17. The van der Waals surface area contributed by atoms with Crippen LogP contribution in [0.25, 0.3) is 0 Å². The molecule has 1 aromatic carbocycles. The summed E-state index contributed by atoms with van der Waals surface area (Å²) in [6.07, 6.45) is 3.17. The van der Waals surface area contributed by atoms with Gasteiger partial charge in [-0.05, 0) is 17.7 Å². The van der Waals surface area contributed by atoms with Crippen molar-refractivity contribution in [2.45, 2.75) is 12.6 Å². The van der Waals surface area contributed by atoms with Crippen LogP contribution in [0.4, 0.5) is 0 Å². The molecule has 0 saturated heterocycles. The lowest BCUT2D eigenvalue weighted by molar-refractivity contribution is 0.526. The van der Waals surface area contributed by atoms with Crippen molar-refractivity contribution in [2.24, 2.45) is 5.73 Å². The van der Waals surface area contributed by atoms with E-state index < -0.39 is 0 Å². The molecule has 2 N–H and O–H groups in total. The summed E-state index contributed by atoms with van der Waals surface area (Å²) in [6, 6.07) is 7.91. The summed E-state index contributed by atoms with van der Waals surface area (Å²) in [7, 11) is 0. The zero-order valence-electron chi connectivity index (χ0n) is 8.05. The van der Waals surface area contributed by atoms with E-state index in [4.69, 9.17) is 5.73 Å². The predicted octanol–water partition coefficient (Wildman–Crippen LogP) is 1.74. The van der Waals surface area contributed by atoms with Gasteiger partial charge < -0.3 is 5.73 Å². The van der Waals surface area contributed by atoms with Crippen molar-refractivity contribution >= 4 is 15.9 Å². The first-order valence-corrected chi connectivity index (χ1v) is 5.38. The Labute approximate surface area is 96.3 Å². The summed E-state index contributed by atoms with van der Waals surface area (Å²) < 4.78 is 2.76. The molecule has 0 aliphatic rings. The van der Waals surface area contributed by atoms with E-state index in [0.29, 0.717) is 6.54 Å². The van der Waals surface area contributed by atoms with E-state index in [1.165, 1.54) is 6.33 Å². The van der Waals surface area contributed by atoms with E-state index in [1.807, 2.05) is 24.3 Å². The molecule has 4 nitrogen and oxygen atoms in total. The van der Waals surface area contributed by atoms with Crippen LogP contribution in [0.15, 0.2) is 41.4 Å². The molecular formula is C10H11BrN4. The Hall–Kier alpha value is -1.20. The van der Waals surface area contributed by atoms with Gasteiger partial charge in [0.15, 0.2) is 0 Å². The highest BCUT2D eigenvalue weighted by molar-refractivity contribution is 9.10. The highest BCUT2D eigenvalue weighted by atomic mass is 79.9. The van der Waals surface area contributed by atoms with Crippen LogP contribution in [0, 0.1) is 0 Å². The molecule has 0 aliphatic carbocycles. The highest BCUT2D eigenvalue weighted by Gasteiger charge is 2.07. The predicted molar refractivity (Wildman–Crippen MR) is 61.1 cm³/mol. The van der Waals surface area contributed by atoms with Gasteiger partial charge in [-0.3, -0.25) is 4.68 Å². The van der Waals surface area contributed by atoms with Crippen LogP contribution in [-0.2, 0) is 6.54 Å². The number of hydrogen-bond acceptors (Lipinski definition) is 3. The van der Waals surface area contributed by atoms with Gasteiger partial charge in [0, 0.05) is 10.5 Å². The molecule has 0 fully saturated rings. The van der Waals surface area contributed by atoms with E-state index in [-0.39, 0.29) is 6.04 Å². The lowest BCUT2D eigenvalue weighted by Crippen LogP contribution is -2.17. The molecule has 0 spiro atoms. The van der Waals surface area contributed by atoms with Crippen molar-refractivity contribution in [2.75, 3.05) is 0 Å². The Morgan fingerprint density at radius 2 is 2.33 bits per heavy atom. The van der Waals surface area contributed by atoms with E-state index >= 15 is 0 Å². The fourth-order valence-electron chi connectivity index (χ4n) is 1.37. The molecule has 0 bridgehead atoms. The van der Waals surface area contributed by atoms with Gasteiger partial charge in [-0.25, -0.2) is 4.98 Å². The Morgan fingerprint density at radius 3 is 3.00 bits per heavy atom. The summed E-state index contributed by atoms with van der Waals surface area (Å²) in [6.45, 7) is 0.635. The quantitative estimate of drug-likeness (QED) is 0.921. The molecule has 1 atom stereocenters. The standard InChI is InChI=1S/C10H11BrN4/c11-9-3-1-2-8(4-9)10(12)5-15-7-13-6-14-15/h1-4,6-7,10H,5,12H2. The maximum Gasteiger partial charge on any atom is 0.137 e. The van der Waals surface area contributed by atoms with Crippen LogP contribution in [0.2, 0.25) is 0 Å². The van der Waals surface area contributed by atoms with Gasteiger partial charge in [0.1, 0.15) is 12.7 Å². The largest absolute Gasteiger partial charge is 0.322 e. The molecule has 0 aliphatic heterocycles. The smallest absolute Gasteiger partial charge is 0.137 e. The zero-order valence-corrected chi connectivity index (χ0v) is 9.63. The van der Waals surface area contributed by atoms with E-state index in [2.05, 4.69) is 26.0 Å². The Bertz CT molecular complexity index is 427. The molecule has 78 valence electrons. The van der Waals surface area contributed by atoms with Crippen LogP contribution in [-0.4, -0.2) is 14.8 Å². The van der Waals surface area contributed by atoms with E-state index in [0.717, 1.165) is 10.0 Å². The molecule has 0 amide bonds. The SMILES string of the molecule is NC(Cn1cncn1)c1cccc(Br)c1. The third-order valence-electron chi connectivity index (χ3n) is 2.13. The van der Waals surface area contributed by atoms with Gasteiger partial charge in [0.25, 0.3) is 0 Å². The molecular weight excluding hydrogens is 256 g/mol. The van der Waals surface area contributed by atoms with Crippen LogP contribution >= 0.6 is 15.9 Å². The first-order chi connectivity index (χ1) is 7.25. The normalized spacial score (nSPS) is 12.7. The lowest BCUT2D eigenvalue weighted by atomic mass is 10.1. The number of hydrogen-bond donors (Lipinski definition) is 1. The molecule has 0 saturated carbocycles. The summed E-state index contributed by atoms with van der Waals surface area (Å²) in [4.78, 5) is 3.87. The number of nitrogens with zero attached hydrogens (tertiary/aromatic N) is 3. The minimum atomic E-state index is -0.0656. The van der Waals surface area contributed by atoms with E-state index in [1.54, 1.807) is 11.0 Å². The molecule has 2 aromatic rings. The maximum absolute atomic E-state index is 6.05. The third kappa shape index (κ3) is 2.64. The molecule has 1 heterocycles. The zero-order chi connectivity index (χ0) is 10.7. The number of nitrogens with two attached hydrogens (primary N) is 1. The first-order valence-electron chi connectivity index (χ1n) is 4.59. The van der Waals surface area contributed by atoms with Crippen LogP contribution in [0.3, 0.4) is 0 Å². The summed E-state index contributed by atoms with van der Waals surface area (Å²) in [5.74, 6) is 0. The Balaban J connectivity index is 2.11. The topological polar surface area (TPSA) is 56.7 Å². The van der Waals surface area contributed by atoms with Crippen molar-refractivity contribution in [1.82, 2.24) is 14.8 Å². The second-order valence-electron chi connectivity index (χ2n) is 3.28. The van der Waals surface area contributed by atoms with Gasteiger partial charge in [-0.15, -0.1) is 0 Å². The number of benzene rings is 1. The molecule has 5 heteroatoms. The van der Waals surface area contributed by atoms with Crippen LogP contribution < -0.4 is 5.73 Å². The van der Waals surface area contributed by atoms with Crippen molar-refractivity contribution < 1.29 is 0 Å². The summed E-state index contributed by atoms with van der Waals surface area (Å²) in [5, 5.41) is 4.02. The van der Waals surface area contributed by atoms with Gasteiger partial charge in [-0.1, -0.05) is 28.1 Å². The molecule has 1 unspecified atom stereocenters. The van der Waals surface area contributed by atoms with Crippen molar-refractivity contribution in [3.8, 4) is 0 Å². The lowest BCUT2D eigenvalue weighted by Gasteiger charge is -2.11. The molecule has 0 radical (unpaired) electrons. The Morgan fingerprint density at radius 1 is 1.47 bits per heavy atom. The summed E-state index contributed by atoms with van der Waals surface area (Å²) >= 11 is 3.42. The summed E-state index contributed by atoms with van der Waals surface area (Å²) in [5.41, 5.74) is 7.13. The van der Waals surface area contributed by atoms with Gasteiger partial charge in [-0.2, -0.15) is 5.10 Å². The minimum Gasteiger partial charge on any atom is -0.322 e. The second-order valence-corrected chi connectivity index (χ2v) is 4.19. The third-order valence-corrected chi connectivity index (χ3v) is 2.62. The van der Waals surface area contributed by atoms with Crippen molar-refractivity contribution in [3.05, 3.63) is 47.0 Å². The fraction of sp³-hybridized carbons (Fsp3) is 0.200. The van der Waals surface area contributed by atoms with Crippen molar-refractivity contribution in [3.63, 3.8) is 0 Å². The van der Waals surface area contributed by atoms with Crippen molar-refractivity contribution in [1.29, 1.82) is 0 Å². The fourth-order valence-corrected chi connectivity index (χ4v) is 1.79. The number of aromatic nitrogens is 3. The first kappa shape index (κ1) is 10.3. The van der Waals surface area contributed by atoms with Crippen LogP contribution in [0.1, 0.15) is 11.6 Å². The molecule has 1 aromatic heterocycles. The maximum atomic E-state index is 6.05. The monoisotopic (exact) mass is 266 g/mol. The number of rotatable bonds is 3. The Kier molecular flexibility index (Phi) is 3.13. The van der Waals surface area contributed by atoms with Gasteiger partial charge in [0.05, 0.1) is 6.54 Å². The molecule has 2 rings (SSSR count). The van der Waals surface area contributed by atoms with E-state index in [9.17, 15) is 0 Å². The second kappa shape index (κ2) is 4.55. The van der Waals surface area contributed by atoms with Crippen LogP contribution in [0.5, 0.6) is 0 Å². The average Bonchev–Trinajstić information content (AvgIpc) is 2.70. The van der Waals surface area contributed by atoms with Gasteiger partial charge >= 0.3 is 0 Å². The average molecular weight is 267 g/mol. The minimum absolute atomic E-state index is 0.0656. The molecule has 15 heavy (non-hydrogen) atoms. The van der Waals surface area contributed by atoms with Gasteiger partial charge in [0.2, 0.25) is 0 Å². The number of halogens is 1.